The van der Waals surface area contributed by atoms with Crippen molar-refractivity contribution in [1.29, 1.82) is 0 Å². The first-order valence-electron chi connectivity index (χ1n) is 6.96. The molecule has 0 saturated carbocycles. The molecule has 0 radical (unpaired) electrons. The topological polar surface area (TPSA) is 92.9 Å². The minimum atomic E-state index is -1.07. The Hall–Kier alpha value is -1.44. The molecule has 1 aliphatic rings. The SMILES string of the molecule is NC(CC(=O)O)C(=O)N(Cc1cccs1)CC1CCCO1. The van der Waals surface area contributed by atoms with Crippen LogP contribution in [0.3, 0.4) is 0 Å². The van der Waals surface area contributed by atoms with E-state index >= 15 is 0 Å². The summed E-state index contributed by atoms with van der Waals surface area (Å²) in [5.74, 6) is -1.40. The molecule has 1 aromatic rings. The second-order valence-electron chi connectivity index (χ2n) is 5.14. The van der Waals surface area contributed by atoms with Gasteiger partial charge >= 0.3 is 5.97 Å². The van der Waals surface area contributed by atoms with Gasteiger partial charge in [0.25, 0.3) is 0 Å². The van der Waals surface area contributed by atoms with Gasteiger partial charge in [0.15, 0.2) is 0 Å². The van der Waals surface area contributed by atoms with Gasteiger partial charge in [-0.05, 0) is 24.3 Å². The maximum atomic E-state index is 12.4. The lowest BCUT2D eigenvalue weighted by Gasteiger charge is -2.27. The van der Waals surface area contributed by atoms with Crippen LogP contribution >= 0.6 is 11.3 Å². The van der Waals surface area contributed by atoms with Gasteiger partial charge in [-0.15, -0.1) is 11.3 Å². The van der Waals surface area contributed by atoms with E-state index in [-0.39, 0.29) is 18.4 Å². The first-order valence-corrected chi connectivity index (χ1v) is 7.84. The molecule has 1 amide bonds. The molecule has 21 heavy (non-hydrogen) atoms. The van der Waals surface area contributed by atoms with Crippen molar-refractivity contribution in [3.05, 3.63) is 22.4 Å². The third kappa shape index (κ3) is 4.80. The number of ether oxygens (including phenoxy) is 1. The number of carboxylic acid groups (broad SMARTS) is 1. The highest BCUT2D eigenvalue weighted by molar-refractivity contribution is 7.09. The van der Waals surface area contributed by atoms with Crippen molar-refractivity contribution in [2.75, 3.05) is 13.2 Å². The molecular weight excluding hydrogens is 292 g/mol. The monoisotopic (exact) mass is 312 g/mol. The molecule has 0 aliphatic carbocycles. The first kappa shape index (κ1) is 15.9. The smallest absolute Gasteiger partial charge is 0.305 e. The Morgan fingerprint density at radius 1 is 1.57 bits per heavy atom. The van der Waals surface area contributed by atoms with Crippen molar-refractivity contribution in [3.63, 3.8) is 0 Å². The summed E-state index contributed by atoms with van der Waals surface area (Å²) in [5, 5.41) is 10.7. The zero-order valence-corrected chi connectivity index (χ0v) is 12.6. The number of hydrogen-bond donors (Lipinski definition) is 2. The van der Waals surface area contributed by atoms with Crippen LogP contribution in [0.15, 0.2) is 17.5 Å². The zero-order chi connectivity index (χ0) is 15.2. The summed E-state index contributed by atoms with van der Waals surface area (Å²) in [6.07, 6.45) is 1.58. The number of nitrogens with two attached hydrogens (primary N) is 1. The second-order valence-corrected chi connectivity index (χ2v) is 6.17. The van der Waals surface area contributed by atoms with E-state index in [4.69, 9.17) is 15.6 Å². The number of carbonyl (C=O) groups excluding carboxylic acids is 1. The molecule has 3 N–H and O–H groups in total. The lowest BCUT2D eigenvalue weighted by molar-refractivity contribution is -0.142. The summed E-state index contributed by atoms with van der Waals surface area (Å²) in [5.41, 5.74) is 5.71. The lowest BCUT2D eigenvalue weighted by atomic mass is 10.1. The molecule has 7 heteroatoms. The van der Waals surface area contributed by atoms with Gasteiger partial charge in [0, 0.05) is 18.0 Å². The third-order valence-corrected chi connectivity index (χ3v) is 4.26. The van der Waals surface area contributed by atoms with Crippen molar-refractivity contribution in [1.82, 2.24) is 4.90 Å². The van der Waals surface area contributed by atoms with Crippen molar-refractivity contribution >= 4 is 23.2 Å². The number of rotatable bonds is 7. The predicted octanol–water partition coefficient (Wildman–Crippen LogP) is 1.06. The summed E-state index contributed by atoms with van der Waals surface area (Å²) >= 11 is 1.56. The number of hydrogen-bond acceptors (Lipinski definition) is 5. The van der Waals surface area contributed by atoms with E-state index in [0.717, 1.165) is 17.7 Å². The molecule has 0 spiro atoms. The molecule has 2 rings (SSSR count). The minimum absolute atomic E-state index is 0.0194. The Morgan fingerprint density at radius 3 is 2.95 bits per heavy atom. The first-order chi connectivity index (χ1) is 10.1. The van der Waals surface area contributed by atoms with Crippen LogP contribution in [0.25, 0.3) is 0 Å². The lowest BCUT2D eigenvalue weighted by Crippen LogP contribution is -2.46. The van der Waals surface area contributed by atoms with Gasteiger partial charge in [-0.2, -0.15) is 0 Å². The van der Waals surface area contributed by atoms with Gasteiger partial charge in [-0.3, -0.25) is 9.59 Å². The normalized spacial score (nSPS) is 19.4. The molecule has 116 valence electrons. The molecule has 0 aromatic carbocycles. The summed E-state index contributed by atoms with van der Waals surface area (Å²) < 4.78 is 5.57. The average Bonchev–Trinajstić information content (AvgIpc) is 3.09. The fraction of sp³-hybridized carbons (Fsp3) is 0.571. The van der Waals surface area contributed by atoms with E-state index in [9.17, 15) is 9.59 Å². The summed E-state index contributed by atoms with van der Waals surface area (Å²) in [6, 6.07) is 2.86. The van der Waals surface area contributed by atoms with Crippen LogP contribution in [0.4, 0.5) is 0 Å². The quantitative estimate of drug-likeness (QED) is 0.785. The van der Waals surface area contributed by atoms with E-state index in [1.165, 1.54) is 0 Å². The highest BCUT2D eigenvalue weighted by Gasteiger charge is 2.27. The second kappa shape index (κ2) is 7.53. The van der Waals surface area contributed by atoms with Gasteiger partial charge < -0.3 is 20.5 Å². The maximum absolute atomic E-state index is 12.4. The Bertz CT molecular complexity index is 471. The van der Waals surface area contributed by atoms with Gasteiger partial charge in [0.1, 0.15) is 0 Å². The Labute approximate surface area is 127 Å². The molecule has 2 heterocycles. The van der Waals surface area contributed by atoms with E-state index in [1.807, 2.05) is 17.5 Å². The third-order valence-electron chi connectivity index (χ3n) is 3.40. The minimum Gasteiger partial charge on any atom is -0.481 e. The van der Waals surface area contributed by atoms with Crippen LogP contribution in [0.1, 0.15) is 24.1 Å². The number of carbonyl (C=O) groups is 2. The van der Waals surface area contributed by atoms with Gasteiger partial charge in [-0.25, -0.2) is 0 Å². The fourth-order valence-corrected chi connectivity index (χ4v) is 3.09. The fourth-order valence-electron chi connectivity index (χ4n) is 2.37. The van der Waals surface area contributed by atoms with E-state index in [1.54, 1.807) is 16.2 Å². The summed E-state index contributed by atoms with van der Waals surface area (Å²) in [7, 11) is 0. The number of carboxylic acids is 1. The van der Waals surface area contributed by atoms with Crippen molar-refractivity contribution in [2.45, 2.75) is 38.0 Å². The Kier molecular flexibility index (Phi) is 5.72. The molecule has 1 aliphatic heterocycles. The van der Waals surface area contributed by atoms with Crippen molar-refractivity contribution in [2.24, 2.45) is 5.73 Å². The molecule has 1 fully saturated rings. The molecule has 1 aromatic heterocycles. The largest absolute Gasteiger partial charge is 0.481 e. The van der Waals surface area contributed by atoms with E-state index < -0.39 is 12.0 Å². The summed E-state index contributed by atoms with van der Waals surface area (Å²) in [6.45, 7) is 1.63. The molecular formula is C14H20N2O4S. The molecule has 1 saturated heterocycles. The van der Waals surface area contributed by atoms with Gasteiger partial charge in [-0.1, -0.05) is 6.07 Å². The molecule has 6 nitrogen and oxygen atoms in total. The standard InChI is InChI=1S/C14H20N2O4S/c15-12(7-13(17)18)14(19)16(8-10-3-1-5-20-10)9-11-4-2-6-21-11/h2,4,6,10,12H,1,3,5,7-9,15H2,(H,17,18). The van der Waals surface area contributed by atoms with Crippen LogP contribution in [-0.4, -0.2) is 47.2 Å². The van der Waals surface area contributed by atoms with Gasteiger partial charge in [0.05, 0.1) is 25.1 Å². The number of aliphatic carboxylic acids is 1. The van der Waals surface area contributed by atoms with Crippen LogP contribution in [0, 0.1) is 0 Å². The molecule has 2 unspecified atom stereocenters. The number of amides is 1. The highest BCUT2D eigenvalue weighted by atomic mass is 32.1. The molecule has 2 atom stereocenters. The van der Waals surface area contributed by atoms with Crippen molar-refractivity contribution in [3.8, 4) is 0 Å². The van der Waals surface area contributed by atoms with E-state index in [0.29, 0.717) is 19.7 Å². The number of nitrogens with zero attached hydrogens (tertiary/aromatic N) is 1. The van der Waals surface area contributed by atoms with Crippen LogP contribution < -0.4 is 5.73 Å². The van der Waals surface area contributed by atoms with Gasteiger partial charge in [0.2, 0.25) is 5.91 Å². The summed E-state index contributed by atoms with van der Waals surface area (Å²) in [4.78, 5) is 25.8. The predicted molar refractivity (Wildman–Crippen MR) is 78.9 cm³/mol. The maximum Gasteiger partial charge on any atom is 0.305 e. The van der Waals surface area contributed by atoms with Crippen molar-refractivity contribution < 1.29 is 19.4 Å². The average molecular weight is 312 g/mol. The number of thiophene rings is 1. The van der Waals surface area contributed by atoms with Crippen LogP contribution in [0.5, 0.6) is 0 Å². The highest BCUT2D eigenvalue weighted by Crippen LogP contribution is 2.18. The zero-order valence-electron chi connectivity index (χ0n) is 11.7. The van der Waals surface area contributed by atoms with E-state index in [2.05, 4.69) is 0 Å². The van der Waals surface area contributed by atoms with Crippen LogP contribution in [-0.2, 0) is 20.9 Å². The van der Waals surface area contributed by atoms with Crippen LogP contribution in [0.2, 0.25) is 0 Å². The molecule has 0 bridgehead atoms. The Morgan fingerprint density at radius 2 is 2.38 bits per heavy atom. The Balaban J connectivity index is 2.02.